The zero-order chi connectivity index (χ0) is 29.4. The lowest BCUT2D eigenvalue weighted by Crippen LogP contribution is -2.29. The molecule has 1 saturated heterocycles. The number of benzene rings is 3. The number of Topliss-reactive ketones (excluding diaryl/α,β-unsaturated/α-hetero) is 1. The van der Waals surface area contributed by atoms with Gasteiger partial charge in [-0.3, -0.25) is 9.59 Å². The Kier molecular flexibility index (Phi) is 8.10. The molecule has 3 aromatic rings. The van der Waals surface area contributed by atoms with Crippen molar-refractivity contribution in [3.63, 3.8) is 0 Å². The van der Waals surface area contributed by atoms with E-state index in [-0.39, 0.29) is 29.2 Å². The Balaban J connectivity index is 1.90. The molecule has 1 atom stereocenters. The summed E-state index contributed by atoms with van der Waals surface area (Å²) in [4.78, 5) is 28.7. The van der Waals surface area contributed by atoms with Gasteiger partial charge in [-0.25, -0.2) is 0 Å². The van der Waals surface area contributed by atoms with Gasteiger partial charge in [-0.05, 0) is 70.3 Å². The molecule has 1 amide bonds. The summed E-state index contributed by atoms with van der Waals surface area (Å²) in [7, 11) is 3.22. The molecule has 0 saturated carbocycles. The maximum absolute atomic E-state index is 13.6. The molecule has 0 spiro atoms. The van der Waals surface area contributed by atoms with Crippen LogP contribution in [0.2, 0.25) is 0 Å². The zero-order valence-corrected chi connectivity index (χ0v) is 24.7. The summed E-state index contributed by atoms with van der Waals surface area (Å²) in [5, 5.41) is 11.7. The first-order valence-corrected chi connectivity index (χ1v) is 13.6. The van der Waals surface area contributed by atoms with Gasteiger partial charge in [-0.15, -0.1) is 0 Å². The summed E-state index contributed by atoms with van der Waals surface area (Å²) < 4.78 is 10.9. The van der Waals surface area contributed by atoms with Crippen molar-refractivity contribution in [2.45, 2.75) is 65.5 Å². The molecule has 1 aliphatic rings. The molecule has 40 heavy (non-hydrogen) atoms. The van der Waals surface area contributed by atoms with Crippen LogP contribution in [0.3, 0.4) is 0 Å². The number of rotatable bonds is 7. The molecule has 1 N–H and O–H groups in total. The van der Waals surface area contributed by atoms with Crippen LogP contribution in [-0.2, 0) is 21.5 Å². The largest absolute Gasteiger partial charge is 0.507 e. The van der Waals surface area contributed by atoms with Crippen molar-refractivity contribution in [1.82, 2.24) is 4.90 Å². The van der Waals surface area contributed by atoms with E-state index in [1.165, 1.54) is 0 Å². The van der Waals surface area contributed by atoms with E-state index in [9.17, 15) is 14.7 Å². The average molecular weight is 542 g/mol. The smallest absolute Gasteiger partial charge is 0.295 e. The molecule has 1 heterocycles. The highest BCUT2D eigenvalue weighted by atomic mass is 16.5. The highest BCUT2D eigenvalue weighted by molar-refractivity contribution is 6.46. The lowest BCUT2D eigenvalue weighted by Gasteiger charge is -2.27. The minimum Gasteiger partial charge on any atom is -0.507 e. The number of hydrogen-bond donors (Lipinski definition) is 1. The molecule has 3 aromatic carbocycles. The molecular formula is C34H39NO5. The molecular weight excluding hydrogens is 502 g/mol. The number of aliphatic hydroxyl groups is 1. The molecule has 6 nitrogen and oxygen atoms in total. The molecule has 0 aromatic heterocycles. The molecule has 0 bridgehead atoms. The van der Waals surface area contributed by atoms with Crippen molar-refractivity contribution >= 4 is 17.4 Å². The van der Waals surface area contributed by atoms with Crippen molar-refractivity contribution in [1.29, 1.82) is 0 Å². The Labute approximate surface area is 237 Å². The van der Waals surface area contributed by atoms with Crippen LogP contribution in [0.4, 0.5) is 0 Å². The van der Waals surface area contributed by atoms with Gasteiger partial charge in [-0.2, -0.15) is 0 Å². The van der Waals surface area contributed by atoms with Gasteiger partial charge in [0.25, 0.3) is 11.7 Å². The normalized spacial score (nSPS) is 17.0. The number of carbonyl (C=O) groups excluding carboxylic acids is 2. The van der Waals surface area contributed by atoms with Crippen molar-refractivity contribution in [3.05, 3.63) is 99.6 Å². The summed E-state index contributed by atoms with van der Waals surface area (Å²) in [6.45, 7) is 12.6. The Morgan fingerprint density at radius 3 is 2.10 bits per heavy atom. The monoisotopic (exact) mass is 541 g/mol. The van der Waals surface area contributed by atoms with Crippen molar-refractivity contribution < 1.29 is 24.2 Å². The van der Waals surface area contributed by atoms with Gasteiger partial charge < -0.3 is 19.5 Å². The van der Waals surface area contributed by atoms with E-state index in [2.05, 4.69) is 20.8 Å². The first-order chi connectivity index (χ1) is 18.9. The van der Waals surface area contributed by atoms with Crippen LogP contribution >= 0.6 is 0 Å². The van der Waals surface area contributed by atoms with Crippen LogP contribution in [0.1, 0.15) is 80.0 Å². The Bertz CT molecular complexity index is 1440. The number of methoxy groups -OCH3 is 2. The van der Waals surface area contributed by atoms with E-state index >= 15 is 0 Å². The van der Waals surface area contributed by atoms with Crippen LogP contribution in [-0.4, -0.2) is 35.9 Å². The Morgan fingerprint density at radius 1 is 0.950 bits per heavy atom. The second-order valence-corrected chi connectivity index (χ2v) is 11.7. The van der Waals surface area contributed by atoms with E-state index in [4.69, 9.17) is 9.47 Å². The number of likely N-dealkylation sites (tertiary alicyclic amines) is 1. The van der Waals surface area contributed by atoms with Crippen LogP contribution in [0, 0.1) is 6.92 Å². The third kappa shape index (κ3) is 5.48. The van der Waals surface area contributed by atoms with E-state index in [0.29, 0.717) is 11.3 Å². The third-order valence-electron chi connectivity index (χ3n) is 7.60. The fraction of sp³-hybridized carbons (Fsp3) is 0.353. The van der Waals surface area contributed by atoms with E-state index in [1.54, 1.807) is 19.1 Å². The summed E-state index contributed by atoms with van der Waals surface area (Å²) >= 11 is 0. The topological polar surface area (TPSA) is 76.1 Å². The highest BCUT2D eigenvalue weighted by Gasteiger charge is 2.46. The van der Waals surface area contributed by atoms with Crippen LogP contribution in [0.5, 0.6) is 11.5 Å². The Hall–Kier alpha value is -4.06. The van der Waals surface area contributed by atoms with Crippen LogP contribution in [0.15, 0.2) is 66.2 Å². The van der Waals surface area contributed by atoms with Gasteiger partial charge >= 0.3 is 0 Å². The first kappa shape index (κ1) is 28.9. The number of amides is 1. The minimum atomic E-state index is -0.750. The number of ketones is 1. The molecule has 210 valence electrons. The van der Waals surface area contributed by atoms with E-state index in [1.807, 2.05) is 81.4 Å². The van der Waals surface area contributed by atoms with E-state index < -0.39 is 17.7 Å². The van der Waals surface area contributed by atoms with Gasteiger partial charge in [0.2, 0.25) is 0 Å². The van der Waals surface area contributed by atoms with Gasteiger partial charge in [0.05, 0.1) is 25.8 Å². The number of hydrogen-bond acceptors (Lipinski definition) is 5. The van der Waals surface area contributed by atoms with Gasteiger partial charge in [-0.1, -0.05) is 71.0 Å². The third-order valence-corrected chi connectivity index (χ3v) is 7.60. The van der Waals surface area contributed by atoms with Gasteiger partial charge in [0.15, 0.2) is 0 Å². The number of ether oxygens (including phenoxy) is 2. The van der Waals surface area contributed by atoms with Crippen molar-refractivity contribution in [2.24, 2.45) is 0 Å². The average Bonchev–Trinajstić information content (AvgIpc) is 3.17. The standard InChI is InChI=1S/C34H39NO5/c1-20(2)26-18-27(21(3)17-28(26)40-8)31(36)29-30(23-11-13-24(14-12-23)34(4,5)6)35(33(38)32(29)37)19-22-9-15-25(39-7)16-10-22/h9-18,20,30,36H,19H2,1-8H3/b31-29+. The lowest BCUT2D eigenvalue weighted by atomic mass is 9.85. The second kappa shape index (κ2) is 11.2. The highest BCUT2D eigenvalue weighted by Crippen LogP contribution is 2.42. The molecule has 1 unspecified atom stereocenters. The van der Waals surface area contributed by atoms with E-state index in [0.717, 1.165) is 33.6 Å². The molecule has 0 radical (unpaired) electrons. The lowest BCUT2D eigenvalue weighted by molar-refractivity contribution is -0.140. The van der Waals surface area contributed by atoms with Crippen molar-refractivity contribution in [2.75, 3.05) is 14.2 Å². The predicted octanol–water partition coefficient (Wildman–Crippen LogP) is 7.06. The summed E-state index contributed by atoms with van der Waals surface area (Å²) in [6.07, 6.45) is 0. The number of aliphatic hydroxyl groups excluding tert-OH is 1. The fourth-order valence-corrected chi connectivity index (χ4v) is 5.21. The zero-order valence-electron chi connectivity index (χ0n) is 24.7. The second-order valence-electron chi connectivity index (χ2n) is 11.7. The molecule has 1 aliphatic heterocycles. The number of nitrogens with zero attached hydrogens (tertiary/aromatic N) is 1. The molecule has 0 aliphatic carbocycles. The predicted molar refractivity (Wildman–Crippen MR) is 158 cm³/mol. The SMILES string of the molecule is COc1ccc(CN2C(=O)C(=O)/C(=C(/O)c3cc(C(C)C)c(OC)cc3C)C2c2ccc(C(C)(C)C)cc2)cc1. The molecule has 4 rings (SSSR count). The molecule has 6 heteroatoms. The Morgan fingerprint density at radius 2 is 1.57 bits per heavy atom. The molecule has 1 fully saturated rings. The fourth-order valence-electron chi connectivity index (χ4n) is 5.21. The van der Waals surface area contributed by atoms with Crippen LogP contribution < -0.4 is 9.47 Å². The van der Waals surface area contributed by atoms with Crippen molar-refractivity contribution in [3.8, 4) is 11.5 Å². The quantitative estimate of drug-likeness (QED) is 0.197. The maximum Gasteiger partial charge on any atom is 0.295 e. The van der Waals surface area contributed by atoms with Crippen LogP contribution in [0.25, 0.3) is 5.76 Å². The maximum atomic E-state index is 13.6. The number of carbonyl (C=O) groups is 2. The first-order valence-electron chi connectivity index (χ1n) is 13.6. The van der Waals surface area contributed by atoms with Gasteiger partial charge in [0.1, 0.15) is 17.3 Å². The minimum absolute atomic E-state index is 0.0586. The summed E-state index contributed by atoms with van der Waals surface area (Å²) in [5.74, 6) is 0.0342. The number of aryl methyl sites for hydroxylation is 1. The summed E-state index contributed by atoms with van der Waals surface area (Å²) in [6, 6.07) is 18.3. The van der Waals surface area contributed by atoms with Gasteiger partial charge in [0, 0.05) is 12.1 Å². The summed E-state index contributed by atoms with van der Waals surface area (Å²) in [5.41, 5.74) is 4.95.